The number of hydrogen-bond donors (Lipinski definition) is 1. The summed E-state index contributed by atoms with van der Waals surface area (Å²) in [6, 6.07) is 13.1. The first-order chi connectivity index (χ1) is 8.16. The summed E-state index contributed by atoms with van der Waals surface area (Å²) in [6.07, 6.45) is 0. The van der Waals surface area contributed by atoms with Gasteiger partial charge in [0.05, 0.1) is 0 Å². The molecule has 17 heavy (non-hydrogen) atoms. The summed E-state index contributed by atoms with van der Waals surface area (Å²) >= 11 is 0. The van der Waals surface area contributed by atoms with Crippen LogP contribution < -0.4 is 10.5 Å². The average molecular weight is 228 g/mol. The minimum atomic E-state index is -0.413. The van der Waals surface area contributed by atoms with Gasteiger partial charge in [0.15, 0.2) is 0 Å². The van der Waals surface area contributed by atoms with Crippen LogP contribution in [0.3, 0.4) is 0 Å². The van der Waals surface area contributed by atoms with Crippen molar-refractivity contribution in [3.8, 4) is 17.0 Å². The number of carbonyl (C=O) groups is 1. The van der Waals surface area contributed by atoms with E-state index in [0.29, 0.717) is 5.82 Å². The van der Waals surface area contributed by atoms with Gasteiger partial charge in [-0.15, -0.1) is 0 Å². The van der Waals surface area contributed by atoms with Crippen LogP contribution in [0.15, 0.2) is 42.5 Å². The monoisotopic (exact) mass is 228 g/mol. The number of benzene rings is 1. The molecule has 0 fully saturated rings. The molecule has 0 saturated carbocycles. The van der Waals surface area contributed by atoms with Gasteiger partial charge in [-0.2, -0.15) is 4.98 Å². The normalized spacial score (nSPS) is 9.94. The molecule has 0 unspecified atom stereocenters. The highest BCUT2D eigenvalue weighted by molar-refractivity contribution is 5.75. The second-order valence-corrected chi connectivity index (χ2v) is 3.54. The average Bonchev–Trinajstić information content (AvgIpc) is 2.29. The van der Waals surface area contributed by atoms with Crippen LogP contribution in [0.1, 0.15) is 6.92 Å². The lowest BCUT2D eigenvalue weighted by molar-refractivity contribution is -0.132. The Labute approximate surface area is 99.1 Å². The Morgan fingerprint density at radius 1 is 1.18 bits per heavy atom. The molecular formula is C13H12N2O2. The highest BCUT2D eigenvalue weighted by atomic mass is 16.5. The predicted molar refractivity (Wildman–Crippen MR) is 65.4 cm³/mol. The lowest BCUT2D eigenvalue weighted by atomic mass is 10.1. The number of nitrogen functional groups attached to an aromatic ring is 1. The van der Waals surface area contributed by atoms with Gasteiger partial charge >= 0.3 is 5.97 Å². The Hall–Kier alpha value is -2.36. The number of esters is 1. The van der Waals surface area contributed by atoms with E-state index in [1.165, 1.54) is 6.92 Å². The van der Waals surface area contributed by atoms with Crippen LogP contribution in [-0.4, -0.2) is 11.0 Å². The molecule has 0 aliphatic carbocycles. The first-order valence-corrected chi connectivity index (χ1v) is 5.17. The molecule has 0 atom stereocenters. The van der Waals surface area contributed by atoms with E-state index in [4.69, 9.17) is 10.5 Å². The summed E-state index contributed by atoms with van der Waals surface area (Å²) in [5.41, 5.74) is 7.63. The van der Waals surface area contributed by atoms with E-state index in [1.54, 1.807) is 12.1 Å². The number of pyridine rings is 1. The number of carbonyl (C=O) groups excluding carboxylic acids is 1. The van der Waals surface area contributed by atoms with Crippen molar-refractivity contribution in [1.29, 1.82) is 0 Å². The number of ether oxygens (including phenoxy) is 1. The van der Waals surface area contributed by atoms with Crippen molar-refractivity contribution < 1.29 is 9.53 Å². The fourth-order valence-corrected chi connectivity index (χ4v) is 1.52. The molecule has 0 aliphatic heterocycles. The molecule has 1 aromatic carbocycles. The number of anilines is 1. The fourth-order valence-electron chi connectivity index (χ4n) is 1.52. The highest BCUT2D eigenvalue weighted by Crippen LogP contribution is 2.26. The molecular weight excluding hydrogens is 216 g/mol. The lowest BCUT2D eigenvalue weighted by Crippen LogP contribution is -2.04. The van der Waals surface area contributed by atoms with Crippen molar-refractivity contribution >= 4 is 11.8 Å². The van der Waals surface area contributed by atoms with E-state index in [9.17, 15) is 4.79 Å². The quantitative estimate of drug-likeness (QED) is 0.800. The second-order valence-electron chi connectivity index (χ2n) is 3.54. The SMILES string of the molecule is CC(=O)Oc1ccc(-c2ccccc2)c(N)n1. The van der Waals surface area contributed by atoms with Gasteiger partial charge in [0.25, 0.3) is 0 Å². The van der Waals surface area contributed by atoms with E-state index in [-0.39, 0.29) is 5.88 Å². The van der Waals surface area contributed by atoms with Gasteiger partial charge in [-0.1, -0.05) is 30.3 Å². The Balaban J connectivity index is 2.35. The smallest absolute Gasteiger partial charge is 0.309 e. The third kappa shape index (κ3) is 2.60. The van der Waals surface area contributed by atoms with Crippen molar-refractivity contribution in [2.45, 2.75) is 6.92 Å². The Kier molecular flexibility index (Phi) is 3.05. The van der Waals surface area contributed by atoms with Gasteiger partial charge in [-0.05, 0) is 11.6 Å². The summed E-state index contributed by atoms with van der Waals surface area (Å²) in [5, 5.41) is 0. The maximum Gasteiger partial charge on any atom is 0.309 e. The number of nitrogens with two attached hydrogens (primary N) is 1. The second kappa shape index (κ2) is 4.65. The topological polar surface area (TPSA) is 65.2 Å². The van der Waals surface area contributed by atoms with Gasteiger partial charge in [0.2, 0.25) is 5.88 Å². The van der Waals surface area contributed by atoms with Gasteiger partial charge in [0.1, 0.15) is 5.82 Å². The summed E-state index contributed by atoms with van der Waals surface area (Å²) in [7, 11) is 0. The summed E-state index contributed by atoms with van der Waals surface area (Å²) in [5.74, 6) is 0.147. The van der Waals surface area contributed by atoms with Crippen LogP contribution in [0.25, 0.3) is 11.1 Å². The third-order valence-corrected chi connectivity index (χ3v) is 2.23. The van der Waals surface area contributed by atoms with Gasteiger partial charge in [0, 0.05) is 18.6 Å². The van der Waals surface area contributed by atoms with Crippen molar-refractivity contribution in [2.75, 3.05) is 5.73 Å². The maximum absolute atomic E-state index is 10.8. The molecule has 2 N–H and O–H groups in total. The molecule has 4 heteroatoms. The molecule has 1 heterocycles. The predicted octanol–water partition coefficient (Wildman–Crippen LogP) is 2.26. The van der Waals surface area contributed by atoms with Crippen molar-refractivity contribution in [1.82, 2.24) is 4.98 Å². The Morgan fingerprint density at radius 2 is 1.88 bits per heavy atom. The summed E-state index contributed by atoms with van der Waals surface area (Å²) in [6.45, 7) is 1.32. The standard InChI is InChI=1S/C13H12N2O2/c1-9(16)17-12-8-7-11(13(14)15-12)10-5-3-2-4-6-10/h2-8H,1H3,(H2,14,15). The van der Waals surface area contributed by atoms with Gasteiger partial charge in [-0.25, -0.2) is 0 Å². The first-order valence-electron chi connectivity index (χ1n) is 5.17. The van der Waals surface area contributed by atoms with E-state index in [0.717, 1.165) is 11.1 Å². The van der Waals surface area contributed by atoms with E-state index in [2.05, 4.69) is 4.98 Å². The molecule has 0 bridgehead atoms. The fraction of sp³-hybridized carbons (Fsp3) is 0.0769. The molecule has 0 aliphatic rings. The summed E-state index contributed by atoms with van der Waals surface area (Å²) < 4.78 is 4.86. The Bertz CT molecular complexity index is 538. The minimum absolute atomic E-state index is 0.217. The van der Waals surface area contributed by atoms with Crippen LogP contribution in [0.2, 0.25) is 0 Å². The zero-order valence-electron chi connectivity index (χ0n) is 9.38. The molecule has 2 aromatic rings. The minimum Gasteiger partial charge on any atom is -0.408 e. The number of hydrogen-bond acceptors (Lipinski definition) is 4. The summed E-state index contributed by atoms with van der Waals surface area (Å²) in [4.78, 5) is 14.8. The number of nitrogens with zero attached hydrogens (tertiary/aromatic N) is 1. The third-order valence-electron chi connectivity index (χ3n) is 2.23. The van der Waals surface area contributed by atoms with Gasteiger partial charge < -0.3 is 10.5 Å². The lowest BCUT2D eigenvalue weighted by Gasteiger charge is -2.06. The van der Waals surface area contributed by atoms with Crippen LogP contribution >= 0.6 is 0 Å². The largest absolute Gasteiger partial charge is 0.408 e. The van der Waals surface area contributed by atoms with Crippen LogP contribution in [-0.2, 0) is 4.79 Å². The zero-order valence-corrected chi connectivity index (χ0v) is 9.38. The maximum atomic E-state index is 10.8. The molecule has 0 saturated heterocycles. The molecule has 1 aromatic heterocycles. The molecule has 0 amide bonds. The van der Waals surface area contributed by atoms with E-state index >= 15 is 0 Å². The van der Waals surface area contributed by atoms with Crippen LogP contribution in [0.4, 0.5) is 5.82 Å². The van der Waals surface area contributed by atoms with Crippen molar-refractivity contribution in [3.63, 3.8) is 0 Å². The number of aromatic nitrogens is 1. The first kappa shape index (κ1) is 11.1. The van der Waals surface area contributed by atoms with Crippen LogP contribution in [0, 0.1) is 0 Å². The molecule has 0 spiro atoms. The van der Waals surface area contributed by atoms with Crippen molar-refractivity contribution in [3.05, 3.63) is 42.5 Å². The van der Waals surface area contributed by atoms with E-state index < -0.39 is 5.97 Å². The zero-order chi connectivity index (χ0) is 12.3. The Morgan fingerprint density at radius 3 is 2.47 bits per heavy atom. The molecule has 2 rings (SSSR count). The van der Waals surface area contributed by atoms with Crippen molar-refractivity contribution in [2.24, 2.45) is 0 Å². The van der Waals surface area contributed by atoms with E-state index in [1.807, 2.05) is 30.3 Å². The molecule has 0 radical (unpaired) electrons. The van der Waals surface area contributed by atoms with Gasteiger partial charge in [-0.3, -0.25) is 4.79 Å². The molecule has 4 nitrogen and oxygen atoms in total. The molecule has 86 valence electrons. The number of rotatable bonds is 2. The highest BCUT2D eigenvalue weighted by Gasteiger charge is 2.06. The van der Waals surface area contributed by atoms with Crippen LogP contribution in [0.5, 0.6) is 5.88 Å².